The number of benzene rings is 1. The summed E-state index contributed by atoms with van der Waals surface area (Å²) in [5.74, 6) is -3.26. The molecule has 0 aromatic heterocycles. The van der Waals surface area contributed by atoms with E-state index in [2.05, 4.69) is 5.32 Å². The third kappa shape index (κ3) is 5.15. The lowest BCUT2D eigenvalue weighted by Gasteiger charge is -2.19. The van der Waals surface area contributed by atoms with Gasteiger partial charge in [-0.15, -0.1) is 0 Å². The fourth-order valence-electron chi connectivity index (χ4n) is 1.71. The van der Waals surface area contributed by atoms with Crippen LogP contribution in [-0.4, -0.2) is 49.1 Å². The maximum atomic E-state index is 13.4. The summed E-state index contributed by atoms with van der Waals surface area (Å²) in [6, 6.07) is 1.80. The van der Waals surface area contributed by atoms with Crippen LogP contribution < -0.4 is 5.32 Å². The summed E-state index contributed by atoms with van der Waals surface area (Å²) >= 11 is 5.52. The first-order valence-electron chi connectivity index (χ1n) is 6.49. The number of carboxylic acid groups (broad SMARTS) is 1. The van der Waals surface area contributed by atoms with Crippen LogP contribution in [0.4, 0.5) is 4.39 Å². The van der Waals surface area contributed by atoms with Crippen LogP contribution in [0.1, 0.15) is 18.5 Å². The van der Waals surface area contributed by atoms with Crippen LogP contribution in [0.3, 0.4) is 0 Å². The molecular formula is C13H16ClFN2O5S. The Hall–Kier alpha value is -1.71. The molecule has 128 valence electrons. The Morgan fingerprint density at radius 1 is 1.43 bits per heavy atom. The van der Waals surface area contributed by atoms with Gasteiger partial charge in [0, 0.05) is 7.05 Å². The molecule has 0 radical (unpaired) electrons. The van der Waals surface area contributed by atoms with Crippen LogP contribution in [0.5, 0.6) is 0 Å². The second-order valence-corrected chi connectivity index (χ2v) is 7.44. The topological polar surface area (TPSA) is 104 Å². The average molecular weight is 367 g/mol. The summed E-state index contributed by atoms with van der Waals surface area (Å²) in [4.78, 5) is 23.1. The molecule has 1 atom stereocenters. The standard InChI is InChI=1S/C13H16ClFN2O5S/c1-3-23(21,22)17(2)7-11(18)16-12(13(19)20)8-4-5-9(14)10(15)6-8/h4-6,12H,3,7H2,1-2H3,(H,16,18)(H,19,20). The molecule has 0 aliphatic rings. The number of nitrogens with zero attached hydrogens (tertiary/aromatic N) is 1. The highest BCUT2D eigenvalue weighted by molar-refractivity contribution is 7.89. The summed E-state index contributed by atoms with van der Waals surface area (Å²) in [5.41, 5.74) is -0.0197. The van der Waals surface area contributed by atoms with Gasteiger partial charge in [-0.1, -0.05) is 17.7 Å². The zero-order valence-corrected chi connectivity index (χ0v) is 14.0. The summed E-state index contributed by atoms with van der Waals surface area (Å²) < 4.78 is 37.4. The second kappa shape index (κ2) is 7.71. The molecule has 10 heteroatoms. The van der Waals surface area contributed by atoms with Crippen LogP contribution in [0, 0.1) is 5.82 Å². The number of aliphatic carboxylic acids is 1. The Morgan fingerprint density at radius 2 is 2.04 bits per heavy atom. The molecule has 0 saturated heterocycles. The Morgan fingerprint density at radius 3 is 2.52 bits per heavy atom. The van der Waals surface area contributed by atoms with Crippen LogP contribution >= 0.6 is 11.6 Å². The lowest BCUT2D eigenvalue weighted by atomic mass is 10.1. The van der Waals surface area contributed by atoms with E-state index in [0.717, 1.165) is 10.4 Å². The average Bonchev–Trinajstić information content (AvgIpc) is 2.47. The number of carbonyl (C=O) groups is 2. The van der Waals surface area contributed by atoms with Crippen LogP contribution in [0.15, 0.2) is 18.2 Å². The van der Waals surface area contributed by atoms with Gasteiger partial charge in [-0.25, -0.2) is 17.6 Å². The van der Waals surface area contributed by atoms with Gasteiger partial charge in [0.1, 0.15) is 5.82 Å². The molecule has 1 aromatic carbocycles. The van der Waals surface area contributed by atoms with Crippen molar-refractivity contribution < 1.29 is 27.5 Å². The van der Waals surface area contributed by atoms with Gasteiger partial charge < -0.3 is 10.4 Å². The number of hydrogen-bond acceptors (Lipinski definition) is 4. The molecule has 1 amide bonds. The van der Waals surface area contributed by atoms with E-state index in [0.29, 0.717) is 0 Å². The highest BCUT2D eigenvalue weighted by Gasteiger charge is 2.25. The highest BCUT2D eigenvalue weighted by atomic mass is 35.5. The largest absolute Gasteiger partial charge is 0.479 e. The number of hydrogen-bond donors (Lipinski definition) is 2. The monoisotopic (exact) mass is 366 g/mol. The van der Waals surface area contributed by atoms with E-state index in [1.807, 2.05) is 0 Å². The van der Waals surface area contributed by atoms with Gasteiger partial charge in [-0.05, 0) is 24.6 Å². The third-order valence-corrected chi connectivity index (χ3v) is 5.15. The van der Waals surface area contributed by atoms with Crippen molar-refractivity contribution in [3.8, 4) is 0 Å². The summed E-state index contributed by atoms with van der Waals surface area (Å²) in [6.45, 7) is 0.871. The van der Waals surface area contributed by atoms with Crippen molar-refractivity contribution in [1.82, 2.24) is 9.62 Å². The lowest BCUT2D eigenvalue weighted by Crippen LogP contribution is -2.42. The SMILES string of the molecule is CCS(=O)(=O)N(C)CC(=O)NC(C(=O)O)c1ccc(Cl)c(F)c1. The van der Waals surface area contributed by atoms with Crippen molar-refractivity contribution in [2.45, 2.75) is 13.0 Å². The molecule has 1 unspecified atom stereocenters. The molecular weight excluding hydrogens is 351 g/mol. The molecule has 0 spiro atoms. The Balaban J connectivity index is 2.90. The van der Waals surface area contributed by atoms with Gasteiger partial charge in [0.25, 0.3) is 0 Å². The van der Waals surface area contributed by atoms with E-state index < -0.39 is 40.3 Å². The zero-order chi connectivity index (χ0) is 17.8. The minimum atomic E-state index is -3.58. The number of likely N-dealkylation sites (N-methyl/N-ethyl adjacent to an activating group) is 1. The van der Waals surface area contributed by atoms with Crippen molar-refractivity contribution in [2.24, 2.45) is 0 Å². The maximum absolute atomic E-state index is 13.4. The van der Waals surface area contributed by atoms with Gasteiger partial charge in [0.2, 0.25) is 15.9 Å². The van der Waals surface area contributed by atoms with Gasteiger partial charge >= 0.3 is 5.97 Å². The van der Waals surface area contributed by atoms with Crippen molar-refractivity contribution in [3.63, 3.8) is 0 Å². The molecule has 1 rings (SSSR count). The molecule has 0 bridgehead atoms. The number of carbonyl (C=O) groups excluding carboxylic acids is 1. The predicted molar refractivity (Wildman–Crippen MR) is 82.0 cm³/mol. The Labute approximate surface area is 138 Å². The molecule has 23 heavy (non-hydrogen) atoms. The molecule has 0 aliphatic carbocycles. The van der Waals surface area contributed by atoms with E-state index in [9.17, 15) is 27.5 Å². The number of nitrogens with one attached hydrogen (secondary N) is 1. The van der Waals surface area contributed by atoms with Crippen molar-refractivity contribution in [2.75, 3.05) is 19.3 Å². The number of sulfonamides is 1. The Bertz CT molecular complexity index is 710. The van der Waals surface area contributed by atoms with Crippen LogP contribution in [-0.2, 0) is 19.6 Å². The number of halogens is 2. The van der Waals surface area contributed by atoms with E-state index in [-0.39, 0.29) is 16.3 Å². The van der Waals surface area contributed by atoms with Gasteiger partial charge in [-0.3, -0.25) is 4.79 Å². The number of amides is 1. The highest BCUT2D eigenvalue weighted by Crippen LogP contribution is 2.20. The number of carboxylic acids is 1. The fourth-order valence-corrected chi connectivity index (χ4v) is 2.58. The minimum Gasteiger partial charge on any atom is -0.479 e. The Kier molecular flexibility index (Phi) is 6.48. The van der Waals surface area contributed by atoms with Gasteiger partial charge in [-0.2, -0.15) is 4.31 Å². The normalized spacial score (nSPS) is 12.9. The van der Waals surface area contributed by atoms with Crippen molar-refractivity contribution >= 4 is 33.5 Å². The van der Waals surface area contributed by atoms with Gasteiger partial charge in [0.15, 0.2) is 6.04 Å². The van der Waals surface area contributed by atoms with Gasteiger partial charge in [0.05, 0.1) is 17.3 Å². The predicted octanol–water partition coefficient (Wildman–Crippen LogP) is 1.00. The number of rotatable bonds is 7. The third-order valence-electron chi connectivity index (χ3n) is 3.04. The second-order valence-electron chi connectivity index (χ2n) is 4.67. The zero-order valence-electron chi connectivity index (χ0n) is 12.4. The lowest BCUT2D eigenvalue weighted by molar-refractivity contribution is -0.142. The summed E-state index contributed by atoms with van der Waals surface area (Å²) in [5, 5.41) is 11.1. The van der Waals surface area contributed by atoms with Crippen molar-refractivity contribution in [1.29, 1.82) is 0 Å². The maximum Gasteiger partial charge on any atom is 0.330 e. The van der Waals surface area contributed by atoms with E-state index >= 15 is 0 Å². The quantitative estimate of drug-likeness (QED) is 0.749. The van der Waals surface area contributed by atoms with E-state index in [4.69, 9.17) is 11.6 Å². The molecule has 2 N–H and O–H groups in total. The molecule has 0 aliphatic heterocycles. The van der Waals surface area contributed by atoms with Crippen LogP contribution in [0.25, 0.3) is 0 Å². The molecule has 0 heterocycles. The molecule has 1 aromatic rings. The molecule has 7 nitrogen and oxygen atoms in total. The smallest absolute Gasteiger partial charge is 0.330 e. The molecule has 0 fully saturated rings. The molecule has 0 saturated carbocycles. The minimum absolute atomic E-state index is 0.0197. The summed E-state index contributed by atoms with van der Waals surface area (Å²) in [6.07, 6.45) is 0. The van der Waals surface area contributed by atoms with E-state index in [1.165, 1.54) is 26.1 Å². The fraction of sp³-hybridized carbons (Fsp3) is 0.385. The summed E-state index contributed by atoms with van der Waals surface area (Å²) in [7, 11) is -2.37. The van der Waals surface area contributed by atoms with Crippen LogP contribution in [0.2, 0.25) is 5.02 Å². The van der Waals surface area contributed by atoms with E-state index in [1.54, 1.807) is 0 Å². The first kappa shape index (κ1) is 19.3. The first-order valence-corrected chi connectivity index (χ1v) is 8.48. The van der Waals surface area contributed by atoms with Crippen molar-refractivity contribution in [3.05, 3.63) is 34.6 Å². The first-order chi connectivity index (χ1) is 10.6.